The summed E-state index contributed by atoms with van der Waals surface area (Å²) in [5.74, 6) is 0.121. The fraction of sp³-hybridized carbons (Fsp3) is 0.500. The van der Waals surface area contributed by atoms with Crippen LogP contribution in [-0.2, 0) is 4.74 Å². The Bertz CT molecular complexity index is 859. The molecule has 5 heterocycles. The van der Waals surface area contributed by atoms with Gasteiger partial charge in [0.2, 0.25) is 0 Å². The molecule has 4 heteroatoms. The van der Waals surface area contributed by atoms with Crippen LogP contribution in [-0.4, -0.2) is 32.0 Å². The molecule has 0 aliphatic carbocycles. The van der Waals surface area contributed by atoms with Gasteiger partial charge in [-0.15, -0.1) is 0 Å². The molecule has 1 N–H and O–H groups in total. The molecule has 4 nitrogen and oxygen atoms in total. The van der Waals surface area contributed by atoms with Crippen LogP contribution in [0.25, 0.3) is 6.08 Å². The minimum absolute atomic E-state index is 0.0537. The molecule has 0 aromatic carbocycles. The molecule has 1 unspecified atom stereocenters. The molecule has 0 saturated carbocycles. The van der Waals surface area contributed by atoms with E-state index in [-0.39, 0.29) is 24.1 Å². The lowest BCUT2D eigenvalue weighted by Gasteiger charge is -2.39. The molecule has 2 aromatic heterocycles. The average molecular weight is 324 g/mol. The van der Waals surface area contributed by atoms with E-state index in [0.717, 1.165) is 0 Å². The number of hydrogen-bond donors (Lipinski definition) is 1. The largest absolute Gasteiger partial charge is 0.390 e. The van der Waals surface area contributed by atoms with E-state index in [2.05, 4.69) is 66.3 Å². The fourth-order valence-corrected chi connectivity index (χ4v) is 5.42. The lowest BCUT2D eigenvalue weighted by molar-refractivity contribution is -0.0905. The Balaban J connectivity index is 1.85. The van der Waals surface area contributed by atoms with Crippen molar-refractivity contribution in [3.8, 4) is 0 Å². The predicted octanol–water partition coefficient (Wildman–Crippen LogP) is 3.35. The van der Waals surface area contributed by atoms with Gasteiger partial charge in [0.1, 0.15) is 11.7 Å². The maximum atomic E-state index is 10.7. The van der Waals surface area contributed by atoms with Crippen LogP contribution in [0.2, 0.25) is 0 Å². The summed E-state index contributed by atoms with van der Waals surface area (Å²) in [5, 5.41) is 10.7. The lowest BCUT2D eigenvalue weighted by atomic mass is 9.75. The van der Waals surface area contributed by atoms with Gasteiger partial charge in [-0.25, -0.2) is 0 Å². The van der Waals surface area contributed by atoms with Crippen LogP contribution in [0.5, 0.6) is 0 Å². The number of aliphatic hydroxyl groups is 1. The van der Waals surface area contributed by atoms with Gasteiger partial charge in [-0.2, -0.15) is 0 Å². The van der Waals surface area contributed by atoms with Crippen LogP contribution in [0, 0.1) is 13.8 Å². The Morgan fingerprint density at radius 2 is 1.83 bits per heavy atom. The molecular weight excluding hydrogens is 300 g/mol. The topological polar surface area (TPSA) is 39.3 Å². The Morgan fingerprint density at radius 3 is 2.58 bits per heavy atom. The normalized spacial score (nSPS) is 37.0. The minimum Gasteiger partial charge on any atom is -0.390 e. The molecule has 0 spiro atoms. The predicted molar refractivity (Wildman–Crippen MR) is 93.1 cm³/mol. The highest BCUT2D eigenvalue weighted by atomic mass is 16.5. The molecule has 1 fully saturated rings. The molecule has 3 aliphatic heterocycles. The Kier molecular flexibility index (Phi) is 2.69. The first-order chi connectivity index (χ1) is 11.5. The van der Waals surface area contributed by atoms with E-state index in [1.54, 1.807) is 0 Å². The Hall–Kier alpha value is -1.78. The second-order valence-electron chi connectivity index (χ2n) is 7.69. The third-order valence-corrected chi connectivity index (χ3v) is 6.48. The summed E-state index contributed by atoms with van der Waals surface area (Å²) in [6.45, 7) is 8.42. The van der Waals surface area contributed by atoms with Gasteiger partial charge in [-0.1, -0.05) is 0 Å². The number of rotatable bonds is 1. The summed E-state index contributed by atoms with van der Waals surface area (Å²) in [7, 11) is 0. The van der Waals surface area contributed by atoms with E-state index in [0.29, 0.717) is 0 Å². The van der Waals surface area contributed by atoms with Crippen molar-refractivity contribution in [2.45, 2.75) is 63.5 Å². The first-order valence-corrected chi connectivity index (χ1v) is 8.86. The molecule has 2 aromatic rings. The first-order valence-electron chi connectivity index (χ1n) is 8.86. The van der Waals surface area contributed by atoms with E-state index in [4.69, 9.17) is 4.74 Å². The molecule has 4 bridgehead atoms. The third kappa shape index (κ3) is 1.47. The molecule has 24 heavy (non-hydrogen) atoms. The molecule has 6 atom stereocenters. The number of ether oxygens (including phenoxy) is 1. The van der Waals surface area contributed by atoms with Crippen molar-refractivity contribution >= 4 is 6.08 Å². The zero-order valence-corrected chi connectivity index (χ0v) is 14.6. The van der Waals surface area contributed by atoms with Crippen molar-refractivity contribution in [1.29, 1.82) is 0 Å². The fourth-order valence-electron chi connectivity index (χ4n) is 5.42. The smallest absolute Gasteiger partial charge is 0.123 e. The second kappa shape index (κ2) is 4.44. The van der Waals surface area contributed by atoms with Crippen LogP contribution in [0.4, 0.5) is 0 Å². The van der Waals surface area contributed by atoms with Crippen LogP contribution in [0.1, 0.15) is 54.6 Å². The zero-order chi connectivity index (χ0) is 16.8. The van der Waals surface area contributed by atoms with Gasteiger partial charge in [-0.3, -0.25) is 0 Å². The maximum absolute atomic E-state index is 10.7. The average Bonchev–Trinajstić information content (AvgIpc) is 3.11. The number of fused-ring (bicyclic) bond motifs is 2. The first kappa shape index (κ1) is 14.6. The number of aromatic nitrogens is 2. The van der Waals surface area contributed by atoms with Crippen LogP contribution < -0.4 is 0 Å². The molecule has 5 rings (SSSR count). The van der Waals surface area contributed by atoms with Gasteiger partial charge >= 0.3 is 0 Å². The van der Waals surface area contributed by atoms with Crippen molar-refractivity contribution in [2.24, 2.45) is 0 Å². The molecule has 3 aliphatic rings. The number of aliphatic hydroxyl groups excluding tert-OH is 1. The van der Waals surface area contributed by atoms with Crippen LogP contribution in [0.3, 0.4) is 0 Å². The van der Waals surface area contributed by atoms with E-state index in [1.165, 1.54) is 22.8 Å². The minimum atomic E-state index is -0.659. The van der Waals surface area contributed by atoms with Gasteiger partial charge in [-0.05, 0) is 64.1 Å². The van der Waals surface area contributed by atoms with Crippen molar-refractivity contribution in [1.82, 2.24) is 9.13 Å². The number of aryl methyl sites for hydroxylation is 2. The van der Waals surface area contributed by atoms with Gasteiger partial charge in [0.25, 0.3) is 0 Å². The van der Waals surface area contributed by atoms with E-state index >= 15 is 0 Å². The Labute approximate surface area is 142 Å². The summed E-state index contributed by atoms with van der Waals surface area (Å²) >= 11 is 0. The third-order valence-electron chi connectivity index (χ3n) is 6.48. The van der Waals surface area contributed by atoms with Gasteiger partial charge < -0.3 is 19.0 Å². The SMILES string of the molecule is Cc1ccc2n1[C@H](C)C1O[C@]3([C@H](C)O)C=Cc4ccc(C)n4[C@H]1[C@H]23. The summed E-state index contributed by atoms with van der Waals surface area (Å²) in [5.41, 5.74) is 4.36. The summed E-state index contributed by atoms with van der Waals surface area (Å²) in [6.07, 6.45) is 3.72. The zero-order valence-electron chi connectivity index (χ0n) is 14.6. The van der Waals surface area contributed by atoms with Gasteiger partial charge in [0.15, 0.2) is 0 Å². The van der Waals surface area contributed by atoms with Crippen molar-refractivity contribution in [3.63, 3.8) is 0 Å². The summed E-state index contributed by atoms with van der Waals surface area (Å²) in [6, 6.07) is 9.24. The van der Waals surface area contributed by atoms with E-state index < -0.39 is 11.7 Å². The van der Waals surface area contributed by atoms with E-state index in [9.17, 15) is 5.11 Å². The van der Waals surface area contributed by atoms with Crippen molar-refractivity contribution < 1.29 is 9.84 Å². The van der Waals surface area contributed by atoms with Crippen molar-refractivity contribution in [2.75, 3.05) is 0 Å². The van der Waals surface area contributed by atoms with E-state index in [1.807, 2.05) is 6.92 Å². The second-order valence-corrected chi connectivity index (χ2v) is 7.69. The molecule has 0 radical (unpaired) electrons. The number of nitrogens with zero attached hydrogens (tertiary/aromatic N) is 2. The molecule has 0 amide bonds. The lowest BCUT2D eigenvalue weighted by Crippen LogP contribution is -2.44. The monoisotopic (exact) mass is 324 g/mol. The highest BCUT2D eigenvalue weighted by molar-refractivity contribution is 5.54. The standard InChI is InChI=1S/C20H24N2O2/c1-11-6-8-16-17-18-19(13(3)21(11)16)24-20(17,14(4)23)10-9-15-7-5-12(2)22(15)18/h5-10,13-14,17-19,23H,1-4H3/t13-,14+,17+,18+,19?,20+/m1/s1. The van der Waals surface area contributed by atoms with Gasteiger partial charge in [0, 0.05) is 22.8 Å². The summed E-state index contributed by atoms with van der Waals surface area (Å²) < 4.78 is 11.5. The quantitative estimate of drug-likeness (QED) is 0.874. The number of hydrogen-bond acceptors (Lipinski definition) is 2. The summed E-state index contributed by atoms with van der Waals surface area (Å²) in [4.78, 5) is 0. The molecule has 126 valence electrons. The maximum Gasteiger partial charge on any atom is 0.123 e. The molecule has 1 saturated heterocycles. The Morgan fingerprint density at radius 1 is 1.12 bits per heavy atom. The van der Waals surface area contributed by atoms with Crippen molar-refractivity contribution in [3.05, 3.63) is 53.1 Å². The highest BCUT2D eigenvalue weighted by Gasteiger charge is 2.63. The molecular formula is C20H24N2O2. The van der Waals surface area contributed by atoms with Crippen LogP contribution in [0.15, 0.2) is 30.3 Å². The highest BCUT2D eigenvalue weighted by Crippen LogP contribution is 2.60. The van der Waals surface area contributed by atoms with Crippen LogP contribution >= 0.6 is 0 Å². The van der Waals surface area contributed by atoms with Gasteiger partial charge in [0.05, 0.1) is 24.1 Å².